The fraction of sp³-hybridized carbons (Fsp3) is 0.0625. The van der Waals surface area contributed by atoms with Crippen molar-refractivity contribution < 1.29 is 4.79 Å². The Labute approximate surface area is 126 Å². The van der Waals surface area contributed by atoms with Crippen LogP contribution in [-0.4, -0.2) is 15.3 Å². The van der Waals surface area contributed by atoms with Crippen molar-refractivity contribution in [3.05, 3.63) is 71.4 Å². The van der Waals surface area contributed by atoms with Gasteiger partial charge in [-0.15, -0.1) is 0 Å². The van der Waals surface area contributed by atoms with Gasteiger partial charge in [0.15, 0.2) is 0 Å². The summed E-state index contributed by atoms with van der Waals surface area (Å²) >= 11 is 1.21. The van der Waals surface area contributed by atoms with E-state index in [0.717, 1.165) is 17.0 Å². The Morgan fingerprint density at radius 1 is 1.10 bits per heavy atom. The third-order valence-corrected chi connectivity index (χ3v) is 3.75. The van der Waals surface area contributed by atoms with Crippen LogP contribution in [0.3, 0.4) is 0 Å². The van der Waals surface area contributed by atoms with Gasteiger partial charge in [-0.25, -0.2) is 0 Å². The highest BCUT2D eigenvalue weighted by Crippen LogP contribution is 2.21. The SMILES string of the molecule is O=C(NCc1ccccn1)c1cc(-c2ccccc2)ns1. The maximum atomic E-state index is 12.1. The molecule has 21 heavy (non-hydrogen) atoms. The maximum absolute atomic E-state index is 12.1. The van der Waals surface area contributed by atoms with E-state index in [9.17, 15) is 4.79 Å². The predicted octanol–water partition coefficient (Wildman–Crippen LogP) is 3.14. The van der Waals surface area contributed by atoms with E-state index in [0.29, 0.717) is 11.4 Å². The highest BCUT2D eigenvalue weighted by atomic mass is 32.1. The van der Waals surface area contributed by atoms with E-state index in [4.69, 9.17) is 0 Å². The van der Waals surface area contributed by atoms with Gasteiger partial charge in [0.05, 0.1) is 17.9 Å². The molecule has 1 N–H and O–H groups in total. The first-order chi connectivity index (χ1) is 10.3. The summed E-state index contributed by atoms with van der Waals surface area (Å²) in [4.78, 5) is 16.9. The zero-order valence-corrected chi connectivity index (χ0v) is 12.0. The number of nitrogens with one attached hydrogen (secondary N) is 1. The Kier molecular flexibility index (Phi) is 4.02. The second kappa shape index (κ2) is 6.28. The smallest absolute Gasteiger partial charge is 0.263 e. The fourth-order valence-electron chi connectivity index (χ4n) is 1.89. The molecule has 1 amide bonds. The number of benzene rings is 1. The summed E-state index contributed by atoms with van der Waals surface area (Å²) in [5.41, 5.74) is 2.67. The molecule has 104 valence electrons. The van der Waals surface area contributed by atoms with Crippen LogP contribution in [0.5, 0.6) is 0 Å². The van der Waals surface area contributed by atoms with Gasteiger partial charge in [-0.1, -0.05) is 36.4 Å². The standard InChI is InChI=1S/C16H13N3OS/c20-16(18-11-13-8-4-5-9-17-13)15-10-14(19-21-15)12-6-2-1-3-7-12/h1-10H,11H2,(H,18,20). The van der Waals surface area contributed by atoms with Gasteiger partial charge in [0.1, 0.15) is 4.88 Å². The molecule has 0 saturated carbocycles. The zero-order valence-electron chi connectivity index (χ0n) is 11.2. The van der Waals surface area contributed by atoms with Crippen molar-refractivity contribution in [2.75, 3.05) is 0 Å². The molecule has 0 spiro atoms. The normalized spacial score (nSPS) is 10.3. The van der Waals surface area contributed by atoms with Gasteiger partial charge in [-0.3, -0.25) is 9.78 Å². The number of carbonyl (C=O) groups excluding carboxylic acids is 1. The van der Waals surface area contributed by atoms with Gasteiger partial charge in [0, 0.05) is 11.8 Å². The highest BCUT2D eigenvalue weighted by Gasteiger charge is 2.11. The Morgan fingerprint density at radius 3 is 2.67 bits per heavy atom. The van der Waals surface area contributed by atoms with Gasteiger partial charge in [-0.2, -0.15) is 4.37 Å². The van der Waals surface area contributed by atoms with Crippen LogP contribution in [0.4, 0.5) is 0 Å². The molecule has 0 aliphatic carbocycles. The summed E-state index contributed by atoms with van der Waals surface area (Å²) in [6.45, 7) is 0.415. The largest absolute Gasteiger partial charge is 0.346 e. The molecule has 3 aromatic rings. The molecule has 3 rings (SSSR count). The van der Waals surface area contributed by atoms with Crippen LogP contribution >= 0.6 is 11.5 Å². The molecular formula is C16H13N3OS. The van der Waals surface area contributed by atoms with Crippen LogP contribution in [0.1, 0.15) is 15.4 Å². The third kappa shape index (κ3) is 3.32. The summed E-state index contributed by atoms with van der Waals surface area (Å²) in [6, 6.07) is 17.3. The molecule has 2 aromatic heterocycles. The molecule has 0 aliphatic rings. The molecule has 0 fully saturated rings. The minimum atomic E-state index is -0.125. The molecule has 0 bridgehead atoms. The van der Waals surface area contributed by atoms with Crippen LogP contribution < -0.4 is 5.32 Å². The number of pyridine rings is 1. The minimum absolute atomic E-state index is 0.125. The summed E-state index contributed by atoms with van der Waals surface area (Å²) in [5, 5.41) is 2.85. The average molecular weight is 295 g/mol. The van der Waals surface area contributed by atoms with Crippen molar-refractivity contribution in [3.8, 4) is 11.3 Å². The maximum Gasteiger partial charge on any atom is 0.263 e. The Bertz CT molecular complexity index is 726. The van der Waals surface area contributed by atoms with Crippen LogP contribution in [0.15, 0.2) is 60.8 Å². The van der Waals surface area contributed by atoms with E-state index in [1.54, 1.807) is 6.20 Å². The van der Waals surface area contributed by atoms with Crippen LogP contribution in [0.25, 0.3) is 11.3 Å². The lowest BCUT2D eigenvalue weighted by molar-refractivity contribution is 0.0954. The first-order valence-electron chi connectivity index (χ1n) is 6.53. The molecule has 0 saturated heterocycles. The number of aromatic nitrogens is 2. The van der Waals surface area contributed by atoms with Crippen molar-refractivity contribution in [1.29, 1.82) is 0 Å². The Balaban J connectivity index is 1.67. The lowest BCUT2D eigenvalue weighted by Gasteiger charge is -2.01. The number of hydrogen-bond acceptors (Lipinski definition) is 4. The van der Waals surface area contributed by atoms with E-state index in [2.05, 4.69) is 14.7 Å². The van der Waals surface area contributed by atoms with Crippen LogP contribution in [-0.2, 0) is 6.54 Å². The summed E-state index contributed by atoms with van der Waals surface area (Å²) in [6.07, 6.45) is 1.71. The van der Waals surface area contributed by atoms with E-state index in [1.807, 2.05) is 54.6 Å². The number of nitrogens with zero attached hydrogens (tertiary/aromatic N) is 2. The monoisotopic (exact) mass is 295 g/mol. The molecule has 2 heterocycles. The quantitative estimate of drug-likeness (QED) is 0.804. The third-order valence-electron chi connectivity index (χ3n) is 2.96. The van der Waals surface area contributed by atoms with Crippen molar-refractivity contribution in [3.63, 3.8) is 0 Å². The van der Waals surface area contributed by atoms with E-state index in [-0.39, 0.29) is 5.91 Å². The van der Waals surface area contributed by atoms with Gasteiger partial charge in [-0.05, 0) is 29.7 Å². The Hall–Kier alpha value is -2.53. The lowest BCUT2D eigenvalue weighted by Crippen LogP contribution is -2.22. The van der Waals surface area contributed by atoms with E-state index in [1.165, 1.54) is 11.5 Å². The van der Waals surface area contributed by atoms with Crippen molar-refractivity contribution >= 4 is 17.4 Å². The lowest BCUT2D eigenvalue weighted by atomic mass is 10.1. The van der Waals surface area contributed by atoms with Crippen molar-refractivity contribution in [2.45, 2.75) is 6.54 Å². The first kappa shape index (κ1) is 13.5. The van der Waals surface area contributed by atoms with Gasteiger partial charge in [0.2, 0.25) is 0 Å². The first-order valence-corrected chi connectivity index (χ1v) is 7.30. The Morgan fingerprint density at radius 2 is 1.90 bits per heavy atom. The van der Waals surface area contributed by atoms with E-state index >= 15 is 0 Å². The number of hydrogen-bond donors (Lipinski definition) is 1. The molecule has 0 aliphatic heterocycles. The summed E-state index contributed by atoms with van der Waals surface area (Å²) < 4.78 is 4.33. The van der Waals surface area contributed by atoms with Crippen LogP contribution in [0.2, 0.25) is 0 Å². The predicted molar refractivity (Wildman–Crippen MR) is 83.0 cm³/mol. The van der Waals surface area contributed by atoms with Crippen molar-refractivity contribution in [1.82, 2.24) is 14.7 Å². The summed E-state index contributed by atoms with van der Waals surface area (Å²) in [7, 11) is 0. The number of amides is 1. The molecule has 5 heteroatoms. The topological polar surface area (TPSA) is 54.9 Å². The molecule has 1 aromatic carbocycles. The van der Waals surface area contributed by atoms with Gasteiger partial charge >= 0.3 is 0 Å². The highest BCUT2D eigenvalue weighted by molar-refractivity contribution is 7.08. The molecule has 4 nitrogen and oxygen atoms in total. The van der Waals surface area contributed by atoms with Gasteiger partial charge < -0.3 is 5.32 Å². The minimum Gasteiger partial charge on any atom is -0.346 e. The van der Waals surface area contributed by atoms with Gasteiger partial charge in [0.25, 0.3) is 5.91 Å². The zero-order chi connectivity index (χ0) is 14.5. The van der Waals surface area contributed by atoms with Crippen molar-refractivity contribution in [2.24, 2.45) is 0 Å². The second-order valence-electron chi connectivity index (χ2n) is 4.45. The molecule has 0 atom stereocenters. The summed E-state index contributed by atoms with van der Waals surface area (Å²) in [5.74, 6) is -0.125. The molecule has 0 radical (unpaired) electrons. The fourth-order valence-corrected chi connectivity index (χ4v) is 2.56. The molecular weight excluding hydrogens is 282 g/mol. The van der Waals surface area contributed by atoms with E-state index < -0.39 is 0 Å². The second-order valence-corrected chi connectivity index (χ2v) is 5.25. The average Bonchev–Trinajstić information content (AvgIpc) is 3.04. The van der Waals surface area contributed by atoms with Crippen LogP contribution in [0, 0.1) is 0 Å². The molecule has 0 unspecified atom stereocenters. The number of carbonyl (C=O) groups is 1. The number of rotatable bonds is 4.